The van der Waals surface area contributed by atoms with Gasteiger partial charge in [0.25, 0.3) is 5.91 Å². The van der Waals surface area contributed by atoms with Gasteiger partial charge in [0.2, 0.25) is 0 Å². The third kappa shape index (κ3) is 2.79. The number of aliphatic hydroxyl groups excluding tert-OH is 1. The molecule has 0 aliphatic heterocycles. The minimum atomic E-state index is -0.591. The SMILES string of the molecule is Nc1c(F)cccc1C(=O)NC1CCCC(O)C1. The van der Waals surface area contributed by atoms with Crippen LogP contribution >= 0.6 is 0 Å². The van der Waals surface area contributed by atoms with Gasteiger partial charge in [-0.1, -0.05) is 6.07 Å². The summed E-state index contributed by atoms with van der Waals surface area (Å²) in [5, 5.41) is 12.3. The lowest BCUT2D eigenvalue weighted by Crippen LogP contribution is -2.40. The Kier molecular flexibility index (Phi) is 3.81. The van der Waals surface area contributed by atoms with Crippen molar-refractivity contribution in [1.29, 1.82) is 0 Å². The van der Waals surface area contributed by atoms with Crippen molar-refractivity contribution in [3.05, 3.63) is 29.6 Å². The molecule has 0 spiro atoms. The first-order valence-corrected chi connectivity index (χ1v) is 6.11. The number of aliphatic hydroxyl groups is 1. The van der Waals surface area contributed by atoms with Gasteiger partial charge in [-0.25, -0.2) is 4.39 Å². The van der Waals surface area contributed by atoms with E-state index in [1.165, 1.54) is 18.2 Å². The molecule has 1 aliphatic carbocycles. The van der Waals surface area contributed by atoms with Gasteiger partial charge in [0.15, 0.2) is 0 Å². The smallest absolute Gasteiger partial charge is 0.253 e. The number of nitrogens with one attached hydrogen (secondary N) is 1. The quantitative estimate of drug-likeness (QED) is 0.697. The zero-order valence-electron chi connectivity index (χ0n) is 10.0. The number of halogens is 1. The summed E-state index contributed by atoms with van der Waals surface area (Å²) in [5.41, 5.74) is 5.55. The third-order valence-electron chi connectivity index (χ3n) is 3.28. The molecule has 5 heteroatoms. The molecule has 0 heterocycles. The Morgan fingerprint density at radius 3 is 2.94 bits per heavy atom. The number of nitrogens with two attached hydrogens (primary N) is 1. The fourth-order valence-corrected chi connectivity index (χ4v) is 2.29. The summed E-state index contributed by atoms with van der Waals surface area (Å²) in [4.78, 5) is 12.0. The molecule has 98 valence electrons. The summed E-state index contributed by atoms with van der Waals surface area (Å²) in [5.74, 6) is -0.975. The Bertz CT molecular complexity index is 451. The zero-order valence-corrected chi connectivity index (χ0v) is 10.0. The summed E-state index contributed by atoms with van der Waals surface area (Å²) in [6.45, 7) is 0. The summed E-state index contributed by atoms with van der Waals surface area (Å²) in [6.07, 6.45) is 2.66. The Hall–Kier alpha value is -1.62. The van der Waals surface area contributed by atoms with Crippen LogP contribution in [0.4, 0.5) is 10.1 Å². The molecule has 2 unspecified atom stereocenters. The van der Waals surface area contributed by atoms with Gasteiger partial charge in [-0.05, 0) is 37.8 Å². The lowest BCUT2D eigenvalue weighted by Gasteiger charge is -2.26. The Morgan fingerprint density at radius 1 is 1.44 bits per heavy atom. The molecule has 18 heavy (non-hydrogen) atoms. The highest BCUT2D eigenvalue weighted by Gasteiger charge is 2.23. The molecule has 4 N–H and O–H groups in total. The van der Waals surface area contributed by atoms with Crippen molar-refractivity contribution < 1.29 is 14.3 Å². The Morgan fingerprint density at radius 2 is 2.22 bits per heavy atom. The lowest BCUT2D eigenvalue weighted by atomic mass is 9.93. The summed E-state index contributed by atoms with van der Waals surface area (Å²) >= 11 is 0. The maximum Gasteiger partial charge on any atom is 0.253 e. The van der Waals surface area contributed by atoms with Gasteiger partial charge in [0.1, 0.15) is 5.82 Å². The van der Waals surface area contributed by atoms with Gasteiger partial charge in [-0.2, -0.15) is 0 Å². The monoisotopic (exact) mass is 252 g/mol. The topological polar surface area (TPSA) is 75.4 Å². The van der Waals surface area contributed by atoms with E-state index in [0.29, 0.717) is 6.42 Å². The fraction of sp³-hybridized carbons (Fsp3) is 0.462. The molecule has 2 rings (SSSR count). The minimum Gasteiger partial charge on any atom is -0.396 e. The summed E-state index contributed by atoms with van der Waals surface area (Å²) in [6, 6.07) is 4.10. The highest BCUT2D eigenvalue weighted by molar-refractivity contribution is 5.99. The molecule has 1 fully saturated rings. The number of carbonyl (C=O) groups excluding carboxylic acids is 1. The van der Waals surface area contributed by atoms with Crippen LogP contribution in [-0.4, -0.2) is 23.2 Å². The number of amides is 1. The van der Waals surface area contributed by atoms with Crippen molar-refractivity contribution in [2.45, 2.75) is 37.8 Å². The highest BCUT2D eigenvalue weighted by Crippen LogP contribution is 2.20. The molecule has 1 aliphatic rings. The molecule has 2 atom stereocenters. The number of rotatable bonds is 2. The van der Waals surface area contributed by atoms with Crippen LogP contribution in [0.1, 0.15) is 36.0 Å². The van der Waals surface area contributed by atoms with Crippen molar-refractivity contribution >= 4 is 11.6 Å². The molecule has 4 nitrogen and oxygen atoms in total. The number of hydrogen-bond acceptors (Lipinski definition) is 3. The Balaban J connectivity index is 2.05. The van der Waals surface area contributed by atoms with Crippen LogP contribution < -0.4 is 11.1 Å². The first-order chi connectivity index (χ1) is 8.58. The molecule has 0 saturated heterocycles. The molecule has 1 aromatic rings. The van der Waals surface area contributed by atoms with Gasteiger partial charge in [0, 0.05) is 6.04 Å². The Labute approximate surface area is 105 Å². The van der Waals surface area contributed by atoms with Gasteiger partial charge in [-0.15, -0.1) is 0 Å². The van der Waals surface area contributed by atoms with E-state index in [1.807, 2.05) is 0 Å². The number of carbonyl (C=O) groups is 1. The summed E-state index contributed by atoms with van der Waals surface area (Å²) < 4.78 is 13.2. The van der Waals surface area contributed by atoms with E-state index in [0.717, 1.165) is 19.3 Å². The molecule has 1 aromatic carbocycles. The lowest BCUT2D eigenvalue weighted by molar-refractivity contribution is 0.0850. The van der Waals surface area contributed by atoms with E-state index in [2.05, 4.69) is 5.32 Å². The maximum absolute atomic E-state index is 13.2. The molecule has 0 radical (unpaired) electrons. The number of anilines is 1. The van der Waals surface area contributed by atoms with Crippen molar-refractivity contribution in [3.63, 3.8) is 0 Å². The van der Waals surface area contributed by atoms with Gasteiger partial charge < -0.3 is 16.2 Å². The molecule has 0 aromatic heterocycles. The van der Waals surface area contributed by atoms with Crippen LogP contribution in [-0.2, 0) is 0 Å². The van der Waals surface area contributed by atoms with E-state index in [9.17, 15) is 14.3 Å². The first kappa shape index (κ1) is 12.8. The predicted octanol–water partition coefficient (Wildman–Crippen LogP) is 1.44. The van der Waals surface area contributed by atoms with Gasteiger partial charge in [-0.3, -0.25) is 4.79 Å². The predicted molar refractivity (Wildman–Crippen MR) is 66.5 cm³/mol. The van der Waals surface area contributed by atoms with Crippen LogP contribution in [0.15, 0.2) is 18.2 Å². The van der Waals surface area contributed by atoms with Crippen molar-refractivity contribution in [1.82, 2.24) is 5.32 Å². The molecule has 0 bridgehead atoms. The van der Waals surface area contributed by atoms with Gasteiger partial charge in [0.05, 0.1) is 17.4 Å². The number of hydrogen-bond donors (Lipinski definition) is 3. The number of benzene rings is 1. The second kappa shape index (κ2) is 5.35. The zero-order chi connectivity index (χ0) is 13.1. The van der Waals surface area contributed by atoms with Crippen LogP contribution in [0.25, 0.3) is 0 Å². The normalized spacial score (nSPS) is 23.7. The second-order valence-electron chi connectivity index (χ2n) is 4.69. The number of para-hydroxylation sites is 1. The van der Waals surface area contributed by atoms with Crippen molar-refractivity contribution in [2.24, 2.45) is 0 Å². The highest BCUT2D eigenvalue weighted by atomic mass is 19.1. The average Bonchev–Trinajstić information content (AvgIpc) is 2.32. The van der Waals surface area contributed by atoms with Crippen LogP contribution in [0.5, 0.6) is 0 Å². The number of nitrogen functional groups attached to an aromatic ring is 1. The van der Waals surface area contributed by atoms with Crippen molar-refractivity contribution in [3.8, 4) is 0 Å². The van der Waals surface area contributed by atoms with Crippen LogP contribution in [0.3, 0.4) is 0 Å². The van der Waals surface area contributed by atoms with Gasteiger partial charge >= 0.3 is 0 Å². The van der Waals surface area contributed by atoms with E-state index in [-0.39, 0.29) is 29.3 Å². The van der Waals surface area contributed by atoms with E-state index >= 15 is 0 Å². The largest absolute Gasteiger partial charge is 0.396 e. The standard InChI is InChI=1S/C13H17FN2O2/c14-11-6-2-5-10(12(11)15)13(18)16-8-3-1-4-9(17)7-8/h2,5-6,8-9,17H,1,3-4,7,15H2,(H,16,18). The molecule has 1 saturated carbocycles. The maximum atomic E-state index is 13.2. The minimum absolute atomic E-state index is 0.0658. The molecule has 1 amide bonds. The van der Waals surface area contributed by atoms with E-state index in [1.54, 1.807) is 0 Å². The van der Waals surface area contributed by atoms with Crippen LogP contribution in [0.2, 0.25) is 0 Å². The fourth-order valence-electron chi connectivity index (χ4n) is 2.29. The summed E-state index contributed by atoms with van der Waals surface area (Å²) in [7, 11) is 0. The van der Waals surface area contributed by atoms with Crippen LogP contribution in [0, 0.1) is 5.82 Å². The second-order valence-corrected chi connectivity index (χ2v) is 4.69. The molecular weight excluding hydrogens is 235 g/mol. The van der Waals surface area contributed by atoms with E-state index < -0.39 is 5.82 Å². The first-order valence-electron chi connectivity index (χ1n) is 6.11. The molecular formula is C13H17FN2O2. The van der Waals surface area contributed by atoms with E-state index in [4.69, 9.17) is 5.73 Å². The third-order valence-corrected chi connectivity index (χ3v) is 3.28. The average molecular weight is 252 g/mol. The van der Waals surface area contributed by atoms with Crippen molar-refractivity contribution in [2.75, 3.05) is 5.73 Å².